The Labute approximate surface area is 127 Å². The molecule has 0 aromatic carbocycles. The fourth-order valence-corrected chi connectivity index (χ4v) is 4.62. The van der Waals surface area contributed by atoms with Crippen molar-refractivity contribution in [1.29, 1.82) is 0 Å². The van der Waals surface area contributed by atoms with Crippen molar-refractivity contribution in [3.8, 4) is 11.5 Å². The van der Waals surface area contributed by atoms with Gasteiger partial charge in [-0.2, -0.15) is 5.10 Å². The van der Waals surface area contributed by atoms with E-state index in [0.29, 0.717) is 17.9 Å². The first-order valence-corrected chi connectivity index (χ1v) is 8.88. The molecular weight excluding hydrogens is 302 g/mol. The minimum absolute atomic E-state index is 0.121. The third-order valence-electron chi connectivity index (χ3n) is 4.07. The first-order valence-electron chi connectivity index (χ1n) is 7.06. The van der Waals surface area contributed by atoms with Crippen molar-refractivity contribution in [3.63, 3.8) is 0 Å². The van der Waals surface area contributed by atoms with Gasteiger partial charge in [0.05, 0.1) is 17.5 Å². The van der Waals surface area contributed by atoms with Gasteiger partial charge in [-0.15, -0.1) is 0 Å². The van der Waals surface area contributed by atoms with Crippen LogP contribution in [0, 0.1) is 0 Å². The second-order valence-electron chi connectivity index (χ2n) is 5.62. The van der Waals surface area contributed by atoms with Crippen LogP contribution in [0.4, 0.5) is 0 Å². The van der Waals surface area contributed by atoms with Crippen molar-refractivity contribution in [2.45, 2.75) is 12.5 Å². The number of hydrogen-bond acceptors (Lipinski definition) is 5. The van der Waals surface area contributed by atoms with Gasteiger partial charge in [0, 0.05) is 18.6 Å². The van der Waals surface area contributed by atoms with Gasteiger partial charge in [0.15, 0.2) is 15.7 Å². The van der Waals surface area contributed by atoms with Gasteiger partial charge in [-0.05, 0) is 24.6 Å². The first kappa shape index (κ1) is 13.4. The molecule has 4 rings (SSSR count). The van der Waals surface area contributed by atoms with E-state index < -0.39 is 9.84 Å². The molecule has 0 amide bonds. The lowest BCUT2D eigenvalue weighted by molar-refractivity contribution is 0.503. The SMILES string of the molecule is Cn1ccc2ccc(-c3ncnn3C3CCS(=O)(=O)C3)nc21. The Morgan fingerprint density at radius 2 is 2.14 bits per heavy atom. The molecule has 114 valence electrons. The molecule has 0 aliphatic carbocycles. The van der Waals surface area contributed by atoms with E-state index >= 15 is 0 Å². The van der Waals surface area contributed by atoms with Crippen molar-refractivity contribution < 1.29 is 8.42 Å². The normalized spacial score (nSPS) is 20.7. The molecule has 3 aromatic rings. The van der Waals surface area contributed by atoms with Crippen molar-refractivity contribution in [3.05, 3.63) is 30.7 Å². The molecule has 1 aliphatic rings. The molecule has 1 unspecified atom stereocenters. The number of aryl methyl sites for hydroxylation is 1. The predicted octanol–water partition coefficient (Wildman–Crippen LogP) is 1.19. The van der Waals surface area contributed by atoms with E-state index in [1.165, 1.54) is 6.33 Å². The van der Waals surface area contributed by atoms with E-state index in [-0.39, 0.29) is 17.5 Å². The van der Waals surface area contributed by atoms with Crippen LogP contribution in [0.15, 0.2) is 30.7 Å². The fraction of sp³-hybridized carbons (Fsp3) is 0.357. The van der Waals surface area contributed by atoms with Crippen LogP contribution in [-0.4, -0.2) is 44.2 Å². The lowest BCUT2D eigenvalue weighted by Gasteiger charge is -2.11. The molecule has 1 fully saturated rings. The lowest BCUT2D eigenvalue weighted by Crippen LogP contribution is -2.14. The van der Waals surface area contributed by atoms with Gasteiger partial charge in [0.2, 0.25) is 0 Å². The summed E-state index contributed by atoms with van der Waals surface area (Å²) in [6.45, 7) is 0. The Morgan fingerprint density at radius 3 is 2.91 bits per heavy atom. The standard InChI is InChI=1S/C14H15N5O2S/c1-18-6-4-10-2-3-12(17-13(10)18)14-15-9-16-19(14)11-5-7-22(20,21)8-11/h2-4,6,9,11H,5,7-8H2,1H3. The molecule has 0 radical (unpaired) electrons. The number of aromatic nitrogens is 5. The van der Waals surface area contributed by atoms with Gasteiger partial charge < -0.3 is 4.57 Å². The van der Waals surface area contributed by atoms with E-state index in [2.05, 4.69) is 15.1 Å². The highest BCUT2D eigenvalue weighted by atomic mass is 32.2. The Balaban J connectivity index is 1.79. The number of rotatable bonds is 2. The van der Waals surface area contributed by atoms with Gasteiger partial charge in [-0.25, -0.2) is 23.1 Å². The zero-order chi connectivity index (χ0) is 15.3. The third-order valence-corrected chi connectivity index (χ3v) is 5.82. The molecule has 0 bridgehead atoms. The average Bonchev–Trinajstić information content (AvgIpc) is 3.18. The molecule has 3 aromatic heterocycles. The van der Waals surface area contributed by atoms with Crippen LogP contribution in [0.1, 0.15) is 12.5 Å². The fourth-order valence-electron chi connectivity index (χ4n) is 2.93. The summed E-state index contributed by atoms with van der Waals surface area (Å²) in [5.74, 6) is 0.946. The van der Waals surface area contributed by atoms with Crippen LogP contribution in [-0.2, 0) is 16.9 Å². The van der Waals surface area contributed by atoms with E-state index in [9.17, 15) is 8.42 Å². The quantitative estimate of drug-likeness (QED) is 0.709. The van der Waals surface area contributed by atoms with Crippen LogP contribution in [0.5, 0.6) is 0 Å². The maximum atomic E-state index is 11.7. The van der Waals surface area contributed by atoms with Gasteiger partial charge in [-0.3, -0.25) is 0 Å². The number of fused-ring (bicyclic) bond motifs is 1. The Kier molecular flexibility index (Phi) is 2.83. The summed E-state index contributed by atoms with van der Waals surface area (Å²) in [4.78, 5) is 8.92. The molecule has 1 saturated heterocycles. The van der Waals surface area contributed by atoms with Gasteiger partial charge in [-0.1, -0.05) is 0 Å². The van der Waals surface area contributed by atoms with Gasteiger partial charge in [0.25, 0.3) is 0 Å². The second kappa shape index (κ2) is 4.64. The highest BCUT2D eigenvalue weighted by Gasteiger charge is 2.31. The summed E-state index contributed by atoms with van der Waals surface area (Å²) >= 11 is 0. The number of hydrogen-bond donors (Lipinski definition) is 0. The van der Waals surface area contributed by atoms with Gasteiger partial charge in [0.1, 0.15) is 17.7 Å². The first-order chi connectivity index (χ1) is 10.5. The topological polar surface area (TPSA) is 82.7 Å². The molecule has 22 heavy (non-hydrogen) atoms. The van der Waals surface area contributed by atoms with Crippen LogP contribution in [0.2, 0.25) is 0 Å². The second-order valence-corrected chi connectivity index (χ2v) is 7.85. The smallest absolute Gasteiger partial charge is 0.177 e. The molecule has 0 saturated carbocycles. The summed E-state index contributed by atoms with van der Waals surface area (Å²) in [6, 6.07) is 5.72. The van der Waals surface area contributed by atoms with Crippen LogP contribution < -0.4 is 0 Å². The highest BCUT2D eigenvalue weighted by molar-refractivity contribution is 7.91. The molecule has 4 heterocycles. The molecule has 0 spiro atoms. The summed E-state index contributed by atoms with van der Waals surface area (Å²) in [5, 5.41) is 5.28. The summed E-state index contributed by atoms with van der Waals surface area (Å²) in [7, 11) is -1.03. The average molecular weight is 317 g/mol. The maximum Gasteiger partial charge on any atom is 0.177 e. The largest absolute Gasteiger partial charge is 0.336 e. The molecule has 1 atom stereocenters. The zero-order valence-corrected chi connectivity index (χ0v) is 12.9. The van der Waals surface area contributed by atoms with Crippen molar-refractivity contribution in [2.75, 3.05) is 11.5 Å². The van der Waals surface area contributed by atoms with Crippen molar-refractivity contribution in [2.24, 2.45) is 7.05 Å². The van der Waals surface area contributed by atoms with Crippen LogP contribution in [0.25, 0.3) is 22.6 Å². The van der Waals surface area contributed by atoms with Crippen molar-refractivity contribution in [1.82, 2.24) is 24.3 Å². The number of sulfone groups is 1. The third kappa shape index (κ3) is 2.10. The molecule has 7 nitrogen and oxygen atoms in total. The number of nitrogens with zero attached hydrogens (tertiary/aromatic N) is 5. The minimum Gasteiger partial charge on any atom is -0.336 e. The monoisotopic (exact) mass is 317 g/mol. The predicted molar refractivity (Wildman–Crippen MR) is 82.0 cm³/mol. The summed E-state index contributed by atoms with van der Waals surface area (Å²) in [5.41, 5.74) is 1.57. The van der Waals surface area contributed by atoms with Crippen molar-refractivity contribution >= 4 is 20.9 Å². The molecule has 8 heteroatoms. The molecular formula is C14H15N5O2S. The zero-order valence-electron chi connectivity index (χ0n) is 12.0. The minimum atomic E-state index is -2.97. The van der Waals surface area contributed by atoms with E-state index in [0.717, 1.165) is 11.0 Å². The molecule has 1 aliphatic heterocycles. The maximum absolute atomic E-state index is 11.7. The van der Waals surface area contributed by atoms with E-state index in [4.69, 9.17) is 0 Å². The Morgan fingerprint density at radius 1 is 1.27 bits per heavy atom. The van der Waals surface area contributed by atoms with Gasteiger partial charge >= 0.3 is 0 Å². The molecule has 0 N–H and O–H groups in total. The van der Waals surface area contributed by atoms with E-state index in [1.807, 2.05) is 36.0 Å². The van der Waals surface area contributed by atoms with E-state index in [1.54, 1.807) is 4.68 Å². The summed E-state index contributed by atoms with van der Waals surface area (Å²) in [6.07, 6.45) is 3.98. The highest BCUT2D eigenvalue weighted by Crippen LogP contribution is 2.27. The summed E-state index contributed by atoms with van der Waals surface area (Å²) < 4.78 is 27.0. The van der Waals surface area contributed by atoms with Crippen LogP contribution in [0.3, 0.4) is 0 Å². The van der Waals surface area contributed by atoms with Crippen LogP contribution >= 0.6 is 0 Å². The lowest BCUT2D eigenvalue weighted by atomic mass is 10.2. The number of pyridine rings is 1. The Bertz CT molecular complexity index is 957. The Hall–Kier alpha value is -2.22.